The van der Waals surface area contributed by atoms with Crippen LogP contribution in [-0.4, -0.2) is 5.11 Å². The van der Waals surface area contributed by atoms with Gasteiger partial charge in [-0.3, -0.25) is 0 Å². The quantitative estimate of drug-likeness (QED) is 0.654. The van der Waals surface area contributed by atoms with Crippen LogP contribution >= 0.6 is 22.6 Å². The number of fused-ring (bicyclic) bond motifs is 1. The molecule has 0 saturated carbocycles. The first-order valence-electron chi connectivity index (χ1n) is 6.50. The van der Waals surface area contributed by atoms with Gasteiger partial charge in [-0.25, -0.2) is 0 Å². The summed E-state index contributed by atoms with van der Waals surface area (Å²) in [5, 5.41) is 11.6. The van der Waals surface area contributed by atoms with Crippen LogP contribution in [-0.2, 0) is 0 Å². The van der Waals surface area contributed by atoms with Gasteiger partial charge < -0.3 is 9.52 Å². The zero-order chi connectivity index (χ0) is 14.3. The van der Waals surface area contributed by atoms with E-state index in [1.54, 1.807) is 0 Å². The molecule has 1 atom stereocenters. The Balaban J connectivity index is 2.10. The van der Waals surface area contributed by atoms with Gasteiger partial charge in [0.05, 0.1) is 0 Å². The zero-order valence-electron chi connectivity index (χ0n) is 11.4. The van der Waals surface area contributed by atoms with E-state index in [9.17, 15) is 5.11 Å². The van der Waals surface area contributed by atoms with Gasteiger partial charge in [-0.15, -0.1) is 0 Å². The van der Waals surface area contributed by atoms with E-state index in [1.807, 2.05) is 56.3 Å². The fraction of sp³-hybridized carbons (Fsp3) is 0.176. The average molecular weight is 378 g/mol. The molecule has 0 saturated heterocycles. The minimum absolute atomic E-state index is 0.595. The maximum absolute atomic E-state index is 10.6. The smallest absolute Gasteiger partial charge is 0.138 e. The summed E-state index contributed by atoms with van der Waals surface area (Å²) in [6.45, 7) is 4.05. The second-order valence-corrected chi connectivity index (χ2v) is 6.10. The lowest BCUT2D eigenvalue weighted by atomic mass is 10.0. The van der Waals surface area contributed by atoms with Crippen molar-refractivity contribution in [3.05, 3.63) is 68.5 Å². The number of hydrogen-bond donors (Lipinski definition) is 1. The summed E-state index contributed by atoms with van der Waals surface area (Å²) >= 11 is 2.27. The third kappa shape index (κ3) is 2.25. The molecular formula is C17H15IO2. The number of halogens is 1. The number of furan rings is 1. The molecule has 0 aliphatic carbocycles. The molecule has 1 heterocycles. The van der Waals surface area contributed by atoms with Crippen LogP contribution in [0.15, 0.2) is 46.9 Å². The van der Waals surface area contributed by atoms with Crippen LogP contribution in [0.2, 0.25) is 0 Å². The SMILES string of the molecule is Cc1cccc(C(O)c2cc3cccc(C)c3o2)c1I. The number of aliphatic hydroxyl groups is 1. The van der Waals surface area contributed by atoms with Crippen molar-refractivity contribution >= 4 is 33.6 Å². The monoisotopic (exact) mass is 378 g/mol. The van der Waals surface area contributed by atoms with E-state index in [-0.39, 0.29) is 0 Å². The van der Waals surface area contributed by atoms with E-state index in [0.29, 0.717) is 5.76 Å². The molecule has 2 nitrogen and oxygen atoms in total. The van der Waals surface area contributed by atoms with Gasteiger partial charge in [0.1, 0.15) is 17.4 Å². The Morgan fingerprint density at radius 1 is 1.05 bits per heavy atom. The minimum atomic E-state index is -0.728. The Morgan fingerprint density at radius 2 is 1.75 bits per heavy atom. The van der Waals surface area contributed by atoms with Crippen molar-refractivity contribution in [2.45, 2.75) is 20.0 Å². The molecule has 3 heteroatoms. The second kappa shape index (κ2) is 5.22. The summed E-state index contributed by atoms with van der Waals surface area (Å²) in [5.74, 6) is 0.595. The molecule has 1 unspecified atom stereocenters. The highest BCUT2D eigenvalue weighted by molar-refractivity contribution is 14.1. The van der Waals surface area contributed by atoms with Gasteiger partial charge in [0.15, 0.2) is 0 Å². The van der Waals surface area contributed by atoms with Gasteiger partial charge in [0, 0.05) is 14.5 Å². The molecule has 2 aromatic carbocycles. The molecular weight excluding hydrogens is 363 g/mol. The fourth-order valence-corrected chi connectivity index (χ4v) is 3.05. The third-order valence-electron chi connectivity index (χ3n) is 3.55. The molecule has 0 bridgehead atoms. The van der Waals surface area contributed by atoms with Gasteiger partial charge in [-0.05, 0) is 53.6 Å². The highest BCUT2D eigenvalue weighted by Gasteiger charge is 2.19. The predicted molar refractivity (Wildman–Crippen MR) is 88.9 cm³/mol. The molecule has 3 aromatic rings. The summed E-state index contributed by atoms with van der Waals surface area (Å²) in [6.07, 6.45) is -0.728. The number of hydrogen-bond acceptors (Lipinski definition) is 2. The summed E-state index contributed by atoms with van der Waals surface area (Å²) in [6, 6.07) is 13.9. The van der Waals surface area contributed by atoms with E-state index in [4.69, 9.17) is 4.42 Å². The zero-order valence-corrected chi connectivity index (χ0v) is 13.5. The van der Waals surface area contributed by atoms with Crippen LogP contribution in [0.25, 0.3) is 11.0 Å². The van der Waals surface area contributed by atoms with Crippen molar-refractivity contribution in [3.8, 4) is 0 Å². The standard InChI is InChI=1S/C17H15IO2/c1-10-5-4-8-13(15(10)18)16(19)14-9-12-7-3-6-11(2)17(12)20-14/h3-9,16,19H,1-2H3. The van der Waals surface area contributed by atoms with E-state index >= 15 is 0 Å². The van der Waals surface area contributed by atoms with Crippen LogP contribution in [0.3, 0.4) is 0 Å². The number of benzene rings is 2. The lowest BCUT2D eigenvalue weighted by Gasteiger charge is -2.12. The van der Waals surface area contributed by atoms with Gasteiger partial charge in [0.2, 0.25) is 0 Å². The van der Waals surface area contributed by atoms with Crippen molar-refractivity contribution in [2.75, 3.05) is 0 Å². The summed E-state index contributed by atoms with van der Waals surface area (Å²) < 4.78 is 6.94. The van der Waals surface area contributed by atoms with Crippen LogP contribution < -0.4 is 0 Å². The van der Waals surface area contributed by atoms with Crippen molar-refractivity contribution in [1.82, 2.24) is 0 Å². The maximum atomic E-state index is 10.6. The van der Waals surface area contributed by atoms with Gasteiger partial charge in [-0.1, -0.05) is 36.4 Å². The third-order valence-corrected chi connectivity index (χ3v) is 5.02. The number of aryl methyl sites for hydroxylation is 2. The lowest BCUT2D eigenvalue weighted by Crippen LogP contribution is -2.01. The van der Waals surface area contributed by atoms with E-state index in [1.165, 1.54) is 0 Å². The average Bonchev–Trinajstić information content (AvgIpc) is 2.87. The molecule has 3 rings (SSSR count). The van der Waals surface area contributed by atoms with E-state index in [0.717, 1.165) is 31.2 Å². The maximum Gasteiger partial charge on any atom is 0.138 e. The Kier molecular flexibility index (Phi) is 3.56. The molecule has 0 aliphatic heterocycles. The molecule has 20 heavy (non-hydrogen) atoms. The molecule has 1 aromatic heterocycles. The summed E-state index contributed by atoms with van der Waals surface area (Å²) in [5.41, 5.74) is 3.99. The fourth-order valence-electron chi connectivity index (χ4n) is 2.40. The van der Waals surface area contributed by atoms with Crippen molar-refractivity contribution in [1.29, 1.82) is 0 Å². The highest BCUT2D eigenvalue weighted by atomic mass is 127. The van der Waals surface area contributed by atoms with Crippen molar-refractivity contribution < 1.29 is 9.52 Å². The number of aliphatic hydroxyl groups excluding tert-OH is 1. The normalized spacial score (nSPS) is 12.8. The minimum Gasteiger partial charge on any atom is -0.458 e. The summed E-state index contributed by atoms with van der Waals surface area (Å²) in [4.78, 5) is 0. The second-order valence-electron chi connectivity index (χ2n) is 5.02. The first-order chi connectivity index (χ1) is 9.58. The van der Waals surface area contributed by atoms with Gasteiger partial charge >= 0.3 is 0 Å². The molecule has 0 radical (unpaired) electrons. The first-order valence-corrected chi connectivity index (χ1v) is 7.58. The number of para-hydroxylation sites is 1. The van der Waals surface area contributed by atoms with Crippen molar-refractivity contribution in [2.24, 2.45) is 0 Å². The Morgan fingerprint density at radius 3 is 2.50 bits per heavy atom. The Labute approximate surface area is 131 Å². The largest absolute Gasteiger partial charge is 0.458 e. The molecule has 102 valence electrons. The molecule has 0 fully saturated rings. The van der Waals surface area contributed by atoms with Crippen LogP contribution in [0.4, 0.5) is 0 Å². The van der Waals surface area contributed by atoms with Gasteiger partial charge in [-0.2, -0.15) is 0 Å². The van der Waals surface area contributed by atoms with Gasteiger partial charge in [0.25, 0.3) is 0 Å². The topological polar surface area (TPSA) is 33.4 Å². The Bertz CT molecular complexity index is 774. The summed E-state index contributed by atoms with van der Waals surface area (Å²) in [7, 11) is 0. The molecule has 0 spiro atoms. The van der Waals surface area contributed by atoms with Crippen LogP contribution in [0.5, 0.6) is 0 Å². The Hall–Kier alpha value is -1.33. The van der Waals surface area contributed by atoms with E-state index in [2.05, 4.69) is 22.6 Å². The highest BCUT2D eigenvalue weighted by Crippen LogP contribution is 2.32. The van der Waals surface area contributed by atoms with Crippen molar-refractivity contribution in [3.63, 3.8) is 0 Å². The molecule has 1 N–H and O–H groups in total. The number of rotatable bonds is 2. The lowest BCUT2D eigenvalue weighted by molar-refractivity contribution is 0.191. The van der Waals surface area contributed by atoms with E-state index < -0.39 is 6.10 Å². The first kappa shape index (κ1) is 13.6. The molecule has 0 aliphatic rings. The predicted octanol–water partition coefficient (Wildman–Crippen LogP) is 4.74. The molecule has 0 amide bonds. The van der Waals surface area contributed by atoms with Crippen LogP contribution in [0, 0.1) is 17.4 Å². The van der Waals surface area contributed by atoms with Crippen LogP contribution in [0.1, 0.15) is 28.6 Å².